The zero-order valence-electron chi connectivity index (χ0n) is 18.3. The number of imide groups is 1. The van der Waals surface area contributed by atoms with Gasteiger partial charge in [0.2, 0.25) is 11.8 Å². The molecule has 3 fully saturated rings. The smallest absolute Gasteiger partial charge is 0.374 e. The molecule has 0 aliphatic carbocycles. The fraction of sp³-hybridized carbons (Fsp3) is 0.636. The van der Waals surface area contributed by atoms with Crippen LogP contribution in [0.15, 0.2) is 18.2 Å². The highest BCUT2D eigenvalue weighted by Crippen LogP contribution is 2.33. The lowest BCUT2D eigenvalue weighted by atomic mass is 9.96. The van der Waals surface area contributed by atoms with Gasteiger partial charge in [0.1, 0.15) is 17.9 Å². The van der Waals surface area contributed by atoms with Crippen molar-refractivity contribution in [3.8, 4) is 0 Å². The molecule has 1 aromatic rings. The van der Waals surface area contributed by atoms with E-state index in [1.807, 2.05) is 0 Å². The molecular formula is C22H29F4N5O2. The number of carbonyl (C=O) groups is 2. The second-order valence-electron chi connectivity index (χ2n) is 9.01. The van der Waals surface area contributed by atoms with Crippen LogP contribution >= 0.6 is 0 Å². The summed E-state index contributed by atoms with van der Waals surface area (Å²) in [5.41, 5.74) is 0.447. The Hall–Kier alpha value is -2.40. The van der Waals surface area contributed by atoms with Crippen molar-refractivity contribution in [3.05, 3.63) is 24.0 Å². The molecule has 2 unspecified atom stereocenters. The first-order chi connectivity index (χ1) is 15.7. The van der Waals surface area contributed by atoms with Crippen LogP contribution < -0.4 is 20.9 Å². The highest BCUT2D eigenvalue weighted by atomic mass is 19.4. The van der Waals surface area contributed by atoms with E-state index >= 15 is 0 Å². The molecule has 182 valence electrons. The lowest BCUT2D eigenvalue weighted by Gasteiger charge is -2.44. The lowest BCUT2D eigenvalue weighted by Crippen LogP contribution is -2.60. The number of nitrogens with zero attached hydrogens (tertiary/aromatic N) is 2. The third-order valence-electron chi connectivity index (χ3n) is 6.69. The standard InChI is InChI=1S/C22H29F4N5O2/c23-16-11-15(28-17-2-4-20(32)29-21(17)33)1-3-18(16)30-9-10-31(19(13-30)22(24,25)26)12-14-5-7-27-8-6-14/h1,3,11,14,17,19,27-28H,2,4-10,12-13H2,(H,29,32,33). The van der Waals surface area contributed by atoms with E-state index in [4.69, 9.17) is 0 Å². The number of alkyl halides is 3. The fourth-order valence-electron chi connectivity index (χ4n) is 4.85. The Bertz CT molecular complexity index is 875. The van der Waals surface area contributed by atoms with E-state index in [0.717, 1.165) is 25.9 Å². The summed E-state index contributed by atoms with van der Waals surface area (Å²) in [7, 11) is 0. The summed E-state index contributed by atoms with van der Waals surface area (Å²) in [6, 6.07) is 1.86. The number of anilines is 2. The van der Waals surface area contributed by atoms with Crippen LogP contribution in [-0.4, -0.2) is 74.2 Å². The number of piperazine rings is 1. The summed E-state index contributed by atoms with van der Waals surface area (Å²) in [5, 5.41) is 8.34. The molecule has 3 saturated heterocycles. The summed E-state index contributed by atoms with van der Waals surface area (Å²) in [5.74, 6) is -1.25. The van der Waals surface area contributed by atoms with Crippen molar-refractivity contribution in [2.75, 3.05) is 49.5 Å². The van der Waals surface area contributed by atoms with E-state index in [-0.39, 0.29) is 37.0 Å². The van der Waals surface area contributed by atoms with Crippen LogP contribution in [0.1, 0.15) is 25.7 Å². The molecule has 3 N–H and O–H groups in total. The second-order valence-corrected chi connectivity index (χ2v) is 9.01. The van der Waals surface area contributed by atoms with Crippen LogP contribution in [0.5, 0.6) is 0 Å². The van der Waals surface area contributed by atoms with Gasteiger partial charge in [-0.1, -0.05) is 0 Å². The first kappa shape index (κ1) is 23.7. The van der Waals surface area contributed by atoms with E-state index < -0.39 is 30.0 Å². The molecule has 1 aromatic carbocycles. The number of hydrogen-bond acceptors (Lipinski definition) is 6. The number of amides is 2. The van der Waals surface area contributed by atoms with Crippen molar-refractivity contribution in [2.45, 2.75) is 43.9 Å². The number of halogens is 4. The maximum absolute atomic E-state index is 14.9. The van der Waals surface area contributed by atoms with Crippen LogP contribution in [0.25, 0.3) is 0 Å². The second kappa shape index (κ2) is 9.84. The van der Waals surface area contributed by atoms with E-state index in [0.29, 0.717) is 25.2 Å². The number of benzene rings is 1. The average Bonchev–Trinajstić information content (AvgIpc) is 2.76. The van der Waals surface area contributed by atoms with Crippen LogP contribution in [0.3, 0.4) is 0 Å². The highest BCUT2D eigenvalue weighted by Gasteiger charge is 2.47. The monoisotopic (exact) mass is 471 g/mol. The van der Waals surface area contributed by atoms with E-state index in [1.165, 1.54) is 21.9 Å². The molecule has 3 heterocycles. The molecule has 2 atom stereocenters. The van der Waals surface area contributed by atoms with Crippen molar-refractivity contribution in [1.29, 1.82) is 0 Å². The van der Waals surface area contributed by atoms with Gasteiger partial charge in [0, 0.05) is 38.3 Å². The molecule has 2 amide bonds. The van der Waals surface area contributed by atoms with Crippen molar-refractivity contribution in [3.63, 3.8) is 0 Å². The van der Waals surface area contributed by atoms with Crippen LogP contribution in [-0.2, 0) is 9.59 Å². The van der Waals surface area contributed by atoms with Gasteiger partial charge >= 0.3 is 6.18 Å². The number of piperidine rings is 2. The van der Waals surface area contributed by atoms with Gasteiger partial charge in [0.25, 0.3) is 0 Å². The highest BCUT2D eigenvalue weighted by molar-refractivity contribution is 6.01. The van der Waals surface area contributed by atoms with Gasteiger partial charge in [-0.05, 0) is 56.5 Å². The van der Waals surface area contributed by atoms with Crippen molar-refractivity contribution in [2.24, 2.45) is 5.92 Å². The molecule has 0 bridgehead atoms. The molecule has 0 saturated carbocycles. The molecule has 11 heteroatoms. The SMILES string of the molecule is O=C1CCC(Nc2ccc(N3CCN(CC4CCNCC4)C(C(F)(F)F)C3)c(F)c2)C(=O)N1. The summed E-state index contributed by atoms with van der Waals surface area (Å²) in [6.45, 7) is 2.23. The van der Waals surface area contributed by atoms with Gasteiger partial charge in [-0.15, -0.1) is 0 Å². The number of carbonyl (C=O) groups excluding carboxylic acids is 2. The molecular weight excluding hydrogens is 442 g/mol. The van der Waals surface area contributed by atoms with Crippen molar-refractivity contribution in [1.82, 2.24) is 15.5 Å². The third kappa shape index (κ3) is 5.75. The van der Waals surface area contributed by atoms with E-state index in [1.54, 1.807) is 6.07 Å². The Labute approximate surface area is 189 Å². The van der Waals surface area contributed by atoms with Gasteiger partial charge in [0.15, 0.2) is 0 Å². The Morgan fingerprint density at radius 1 is 1.09 bits per heavy atom. The Balaban J connectivity index is 1.43. The topological polar surface area (TPSA) is 76.7 Å². The van der Waals surface area contributed by atoms with Gasteiger partial charge in [-0.3, -0.25) is 19.8 Å². The number of hydrogen-bond donors (Lipinski definition) is 3. The van der Waals surface area contributed by atoms with Crippen molar-refractivity contribution >= 4 is 23.2 Å². The fourth-order valence-corrected chi connectivity index (χ4v) is 4.85. The molecule has 33 heavy (non-hydrogen) atoms. The Kier molecular flexibility index (Phi) is 7.08. The van der Waals surface area contributed by atoms with Gasteiger partial charge < -0.3 is 15.5 Å². The number of rotatable bonds is 5. The minimum atomic E-state index is -4.41. The Morgan fingerprint density at radius 2 is 1.85 bits per heavy atom. The molecule has 3 aliphatic heterocycles. The average molecular weight is 471 g/mol. The van der Waals surface area contributed by atoms with Gasteiger partial charge in [0.05, 0.1) is 5.69 Å². The van der Waals surface area contributed by atoms with Crippen LogP contribution in [0.4, 0.5) is 28.9 Å². The summed E-state index contributed by atoms with van der Waals surface area (Å²) < 4.78 is 56.5. The van der Waals surface area contributed by atoms with Crippen molar-refractivity contribution < 1.29 is 27.2 Å². The lowest BCUT2D eigenvalue weighted by molar-refractivity contribution is -0.186. The normalized spacial score (nSPS) is 25.8. The van der Waals surface area contributed by atoms with E-state index in [9.17, 15) is 27.2 Å². The molecule has 4 rings (SSSR count). The summed E-state index contributed by atoms with van der Waals surface area (Å²) in [4.78, 5) is 26.1. The van der Waals surface area contributed by atoms with Gasteiger partial charge in [-0.2, -0.15) is 13.2 Å². The molecule has 7 nitrogen and oxygen atoms in total. The maximum atomic E-state index is 14.9. The minimum Gasteiger partial charge on any atom is -0.374 e. The predicted octanol–water partition coefficient (Wildman–Crippen LogP) is 2.10. The first-order valence-electron chi connectivity index (χ1n) is 11.4. The Morgan fingerprint density at radius 3 is 2.52 bits per heavy atom. The predicted molar refractivity (Wildman–Crippen MR) is 115 cm³/mol. The summed E-state index contributed by atoms with van der Waals surface area (Å²) >= 11 is 0. The molecule has 0 radical (unpaired) electrons. The molecule has 0 aromatic heterocycles. The minimum absolute atomic E-state index is 0.111. The maximum Gasteiger partial charge on any atom is 0.405 e. The molecule has 0 spiro atoms. The molecule has 3 aliphatic rings. The zero-order chi connectivity index (χ0) is 23.6. The van der Waals surface area contributed by atoms with Crippen LogP contribution in [0.2, 0.25) is 0 Å². The largest absolute Gasteiger partial charge is 0.405 e. The third-order valence-corrected chi connectivity index (χ3v) is 6.69. The first-order valence-corrected chi connectivity index (χ1v) is 11.4. The van der Waals surface area contributed by atoms with Gasteiger partial charge in [-0.25, -0.2) is 4.39 Å². The van der Waals surface area contributed by atoms with E-state index in [2.05, 4.69) is 16.0 Å². The number of nitrogens with one attached hydrogen (secondary N) is 3. The summed E-state index contributed by atoms with van der Waals surface area (Å²) in [6.07, 6.45) is -2.21. The quantitative estimate of drug-likeness (QED) is 0.451. The zero-order valence-corrected chi connectivity index (χ0v) is 18.3. The van der Waals surface area contributed by atoms with Crippen LogP contribution in [0, 0.1) is 11.7 Å².